The van der Waals surface area contributed by atoms with E-state index in [9.17, 15) is 14.4 Å². The minimum Gasteiger partial charge on any atom is -0.459 e. The first-order valence-electron chi connectivity index (χ1n) is 17.1. The Kier molecular flexibility index (Phi) is 9.60. The highest BCUT2D eigenvalue weighted by atomic mass is 16.7. The number of fused-ring (bicyclic) bond motifs is 6. The van der Waals surface area contributed by atoms with Gasteiger partial charge in [0.25, 0.3) is 0 Å². The number of nitrogens with zero attached hydrogens (tertiary/aromatic N) is 2. The van der Waals surface area contributed by atoms with Crippen LogP contribution in [0.15, 0.2) is 23.3 Å². The molecule has 46 heavy (non-hydrogen) atoms. The Balaban J connectivity index is 1.04. The van der Waals surface area contributed by atoms with Crippen molar-refractivity contribution in [3.63, 3.8) is 0 Å². The van der Waals surface area contributed by atoms with Crippen LogP contribution in [0.4, 0.5) is 4.79 Å². The lowest BCUT2D eigenvalue weighted by Crippen LogP contribution is -2.34. The maximum atomic E-state index is 12.8. The van der Waals surface area contributed by atoms with Gasteiger partial charge in [0, 0.05) is 24.9 Å². The van der Waals surface area contributed by atoms with E-state index < -0.39 is 6.16 Å². The smallest absolute Gasteiger partial charge is 0.459 e. The van der Waals surface area contributed by atoms with Crippen molar-refractivity contribution in [1.29, 1.82) is 0 Å². The van der Waals surface area contributed by atoms with Crippen LogP contribution in [0.3, 0.4) is 0 Å². The Labute approximate surface area is 272 Å². The van der Waals surface area contributed by atoms with Gasteiger partial charge in [0.05, 0.1) is 23.0 Å². The Morgan fingerprint density at radius 1 is 0.761 bits per heavy atom. The third kappa shape index (κ3) is 7.17. The first-order valence-corrected chi connectivity index (χ1v) is 17.1. The predicted octanol–water partition coefficient (Wildman–Crippen LogP) is 3.89. The van der Waals surface area contributed by atoms with E-state index in [0.29, 0.717) is 25.9 Å². The molecule has 6 aliphatic rings. The number of allylic oxidation sites excluding steroid dienone is 2. The molecule has 11 heteroatoms. The van der Waals surface area contributed by atoms with Crippen molar-refractivity contribution in [3.05, 3.63) is 23.3 Å². The molecule has 4 aliphatic heterocycles. The van der Waals surface area contributed by atoms with Gasteiger partial charge < -0.3 is 38.2 Å². The highest BCUT2D eigenvalue weighted by Gasteiger charge is 2.64. The zero-order valence-corrected chi connectivity index (χ0v) is 28.3. The van der Waals surface area contributed by atoms with Crippen LogP contribution in [-0.2, 0) is 38.0 Å². The molecular weight excluding hydrogens is 592 g/mol. The standard InChI is InChI=1S/C35H52N2O9/c1-34-15-7-9-21(11-13-23-25(17-36(3)4)31(38)43-27(23)29(34)45-34)19-41-33(40)42-20-22-10-8-16-35(2)30(46-35)28-24(14-12-22)26(18-37(5)6)32(39)44-28/h9-10,23-30H,7-8,11-20H2,1-6H3/b21-9+,22-10+/t23?,24?,25?,26?,27-,28-,29-,30-,34+,35+/m0/s1. The van der Waals surface area contributed by atoms with Crippen molar-refractivity contribution in [2.75, 3.05) is 54.5 Å². The molecule has 6 rings (SSSR count). The van der Waals surface area contributed by atoms with Gasteiger partial charge in [-0.25, -0.2) is 4.79 Å². The molecule has 256 valence electrons. The molecule has 0 bridgehead atoms. The second-order valence-electron chi connectivity index (χ2n) is 15.3. The third-order valence-electron chi connectivity index (χ3n) is 11.1. The van der Waals surface area contributed by atoms with E-state index in [-0.39, 0.29) is 84.4 Å². The molecule has 0 aromatic carbocycles. The summed E-state index contributed by atoms with van der Waals surface area (Å²) < 4.78 is 35.3. The second kappa shape index (κ2) is 13.2. The molecule has 0 aromatic rings. The summed E-state index contributed by atoms with van der Waals surface area (Å²) in [6.07, 6.45) is 9.19. The summed E-state index contributed by atoms with van der Waals surface area (Å²) in [6.45, 7) is 5.75. The van der Waals surface area contributed by atoms with Crippen molar-refractivity contribution >= 4 is 18.1 Å². The summed E-state index contributed by atoms with van der Waals surface area (Å²) in [7, 11) is 7.88. The van der Waals surface area contributed by atoms with Crippen LogP contribution in [0.25, 0.3) is 0 Å². The molecule has 10 atom stereocenters. The van der Waals surface area contributed by atoms with Crippen LogP contribution < -0.4 is 0 Å². The Morgan fingerprint density at radius 3 is 1.57 bits per heavy atom. The summed E-state index contributed by atoms with van der Waals surface area (Å²) >= 11 is 0. The number of esters is 2. The van der Waals surface area contributed by atoms with Crippen molar-refractivity contribution < 1.29 is 42.8 Å². The van der Waals surface area contributed by atoms with Crippen molar-refractivity contribution in [1.82, 2.24) is 9.80 Å². The number of ether oxygens (including phenoxy) is 6. The number of rotatable bonds is 8. The van der Waals surface area contributed by atoms with Gasteiger partial charge in [-0.1, -0.05) is 12.2 Å². The van der Waals surface area contributed by atoms with Gasteiger partial charge in [0.2, 0.25) is 0 Å². The lowest BCUT2D eigenvalue weighted by Gasteiger charge is -2.24. The van der Waals surface area contributed by atoms with E-state index in [4.69, 9.17) is 28.4 Å². The van der Waals surface area contributed by atoms with E-state index in [1.54, 1.807) is 0 Å². The van der Waals surface area contributed by atoms with Crippen LogP contribution in [0.2, 0.25) is 0 Å². The lowest BCUT2D eigenvalue weighted by molar-refractivity contribution is -0.146. The van der Waals surface area contributed by atoms with Gasteiger partial charge in [-0.15, -0.1) is 0 Å². The fourth-order valence-corrected chi connectivity index (χ4v) is 8.32. The summed E-state index contributed by atoms with van der Waals surface area (Å²) in [5.74, 6) is -0.594. The Hall–Kier alpha value is -2.47. The highest BCUT2D eigenvalue weighted by Crippen LogP contribution is 2.51. The molecule has 0 spiro atoms. The van der Waals surface area contributed by atoms with Crippen LogP contribution in [0.5, 0.6) is 0 Å². The minimum absolute atomic E-state index is 0.0470. The molecule has 0 N–H and O–H groups in total. The minimum atomic E-state index is -0.698. The molecule has 4 unspecified atom stereocenters. The number of carbonyl (C=O) groups is 3. The molecule has 2 aliphatic carbocycles. The first-order chi connectivity index (χ1) is 21.9. The van der Waals surface area contributed by atoms with Gasteiger partial charge in [0.15, 0.2) is 0 Å². The fourth-order valence-electron chi connectivity index (χ4n) is 8.32. The van der Waals surface area contributed by atoms with Gasteiger partial charge in [0.1, 0.15) is 37.6 Å². The number of hydrogen-bond acceptors (Lipinski definition) is 11. The number of carbonyl (C=O) groups excluding carboxylic acids is 3. The van der Waals surface area contributed by atoms with Gasteiger partial charge in [-0.3, -0.25) is 9.59 Å². The summed E-state index contributed by atoms with van der Waals surface area (Å²) in [5, 5.41) is 0. The maximum Gasteiger partial charge on any atom is 0.508 e. The molecule has 0 aromatic heterocycles. The predicted molar refractivity (Wildman–Crippen MR) is 168 cm³/mol. The molecule has 0 amide bonds. The van der Waals surface area contributed by atoms with Gasteiger partial charge >= 0.3 is 18.1 Å². The summed E-state index contributed by atoms with van der Waals surface area (Å²) in [5.41, 5.74) is 1.45. The van der Waals surface area contributed by atoms with Gasteiger partial charge in [-0.2, -0.15) is 0 Å². The van der Waals surface area contributed by atoms with Crippen molar-refractivity contribution in [2.24, 2.45) is 23.7 Å². The van der Waals surface area contributed by atoms with E-state index in [2.05, 4.69) is 26.0 Å². The monoisotopic (exact) mass is 644 g/mol. The quantitative estimate of drug-likeness (QED) is 0.166. The highest BCUT2D eigenvalue weighted by molar-refractivity contribution is 5.76. The molecule has 11 nitrogen and oxygen atoms in total. The Morgan fingerprint density at radius 2 is 1.17 bits per heavy atom. The molecule has 4 saturated heterocycles. The van der Waals surface area contributed by atoms with Crippen LogP contribution >= 0.6 is 0 Å². The second-order valence-corrected chi connectivity index (χ2v) is 15.3. The molecular formula is C35H52N2O9. The van der Waals surface area contributed by atoms with Crippen molar-refractivity contribution in [3.8, 4) is 0 Å². The van der Waals surface area contributed by atoms with E-state index in [1.807, 2.05) is 38.0 Å². The number of hydrogen-bond donors (Lipinski definition) is 0. The van der Waals surface area contributed by atoms with Crippen LogP contribution in [0.1, 0.15) is 65.2 Å². The topological polar surface area (TPSA) is 120 Å². The van der Waals surface area contributed by atoms with Gasteiger partial charge in [-0.05, 0) is 105 Å². The molecule has 4 heterocycles. The summed E-state index contributed by atoms with van der Waals surface area (Å²) in [6, 6.07) is 0. The van der Waals surface area contributed by atoms with E-state index in [1.165, 1.54) is 0 Å². The summed E-state index contributed by atoms with van der Waals surface area (Å²) in [4.78, 5) is 42.6. The molecule has 0 saturated carbocycles. The Bertz CT molecular complexity index is 1160. The lowest BCUT2D eigenvalue weighted by atomic mass is 9.80. The van der Waals surface area contributed by atoms with Crippen LogP contribution in [-0.4, -0.2) is 118 Å². The zero-order chi connectivity index (χ0) is 32.8. The first kappa shape index (κ1) is 33.4. The van der Waals surface area contributed by atoms with E-state index in [0.717, 1.165) is 49.7 Å². The maximum absolute atomic E-state index is 12.8. The molecule has 0 radical (unpaired) electrons. The average molecular weight is 645 g/mol. The number of epoxide rings is 2. The fraction of sp³-hybridized carbons (Fsp3) is 0.800. The average Bonchev–Trinajstić information content (AvgIpc) is 3.79. The van der Waals surface area contributed by atoms with E-state index >= 15 is 0 Å². The van der Waals surface area contributed by atoms with Crippen molar-refractivity contribution in [2.45, 2.75) is 101 Å². The molecule has 4 fully saturated rings. The zero-order valence-electron chi connectivity index (χ0n) is 28.3. The third-order valence-corrected chi connectivity index (χ3v) is 11.1. The normalized spacial score (nSPS) is 42.6. The van der Waals surface area contributed by atoms with Crippen LogP contribution in [0, 0.1) is 23.7 Å². The largest absolute Gasteiger partial charge is 0.508 e. The SMILES string of the molecule is CN(C)CC1C(=O)O[C@H]2C1CC/C(COC(=O)OC/C1=C/CC[C@@]3(C)O[C@H]3[C@H]3OC(=O)C(CN(C)C)C3CC1)=C\CC[C@@]1(C)O[C@@H]21.